The Morgan fingerprint density at radius 3 is 2.11 bits per heavy atom. The smallest absolute Gasteiger partial charge is 0.269 e. The van der Waals surface area contributed by atoms with Gasteiger partial charge in [0.2, 0.25) is 11.8 Å². The van der Waals surface area contributed by atoms with Crippen LogP contribution >= 0.6 is 11.6 Å². The molecule has 0 saturated heterocycles. The zero-order valence-corrected chi connectivity index (χ0v) is 16.0. The lowest BCUT2D eigenvalue weighted by Gasteiger charge is -2.09. The highest BCUT2D eigenvalue weighted by Crippen LogP contribution is 2.12. The molecule has 7 heteroatoms. The van der Waals surface area contributed by atoms with E-state index < -0.39 is 5.91 Å². The van der Waals surface area contributed by atoms with E-state index in [0.717, 1.165) is 5.56 Å². The Kier molecular flexibility index (Phi) is 7.37. The molecule has 0 aromatic heterocycles. The number of halogens is 1. The zero-order valence-electron chi connectivity index (χ0n) is 15.2. The van der Waals surface area contributed by atoms with Crippen molar-refractivity contribution >= 4 is 35.0 Å². The molecule has 0 fully saturated rings. The predicted molar refractivity (Wildman–Crippen MR) is 105 cm³/mol. The third kappa shape index (κ3) is 7.11. The van der Waals surface area contributed by atoms with E-state index in [9.17, 15) is 14.4 Å². The van der Waals surface area contributed by atoms with Gasteiger partial charge in [-0.05, 0) is 47.9 Å². The molecule has 27 heavy (non-hydrogen) atoms. The number of amides is 3. The number of hydrazine groups is 1. The van der Waals surface area contributed by atoms with Crippen LogP contribution in [0.5, 0.6) is 0 Å². The van der Waals surface area contributed by atoms with Gasteiger partial charge < -0.3 is 5.32 Å². The first kappa shape index (κ1) is 20.5. The first-order valence-electron chi connectivity index (χ1n) is 8.57. The van der Waals surface area contributed by atoms with Gasteiger partial charge in [0.1, 0.15) is 0 Å². The number of rotatable bonds is 6. The lowest BCUT2D eigenvalue weighted by Crippen LogP contribution is -2.42. The van der Waals surface area contributed by atoms with Crippen LogP contribution in [0.25, 0.3) is 0 Å². The van der Waals surface area contributed by atoms with E-state index in [4.69, 9.17) is 11.6 Å². The van der Waals surface area contributed by atoms with Crippen molar-refractivity contribution in [1.29, 1.82) is 0 Å². The summed E-state index contributed by atoms with van der Waals surface area (Å²) in [4.78, 5) is 35.7. The Balaban J connectivity index is 1.82. The standard InChI is InChI=1S/C20H22ClN3O3/c1-13(2)11-18(25)22-17-9-5-15(6-10-17)20(27)24-23-19(26)12-14-3-7-16(21)8-4-14/h3-10,13H,11-12H2,1-2H3,(H,22,25)(H,23,26)(H,24,27). The number of anilines is 1. The Hall–Kier alpha value is -2.86. The summed E-state index contributed by atoms with van der Waals surface area (Å²) in [6, 6.07) is 13.3. The highest BCUT2D eigenvalue weighted by molar-refractivity contribution is 6.30. The Labute approximate surface area is 163 Å². The summed E-state index contributed by atoms with van der Waals surface area (Å²) in [6.07, 6.45) is 0.556. The van der Waals surface area contributed by atoms with Gasteiger partial charge in [0.05, 0.1) is 6.42 Å². The van der Waals surface area contributed by atoms with E-state index in [1.807, 2.05) is 13.8 Å². The molecule has 2 aromatic carbocycles. The van der Waals surface area contributed by atoms with E-state index in [1.54, 1.807) is 48.5 Å². The van der Waals surface area contributed by atoms with Gasteiger partial charge in [0.25, 0.3) is 5.91 Å². The van der Waals surface area contributed by atoms with Gasteiger partial charge in [-0.15, -0.1) is 0 Å². The van der Waals surface area contributed by atoms with Crippen molar-refractivity contribution in [3.05, 3.63) is 64.7 Å². The largest absolute Gasteiger partial charge is 0.326 e. The maximum atomic E-state index is 12.1. The first-order valence-corrected chi connectivity index (χ1v) is 8.95. The first-order chi connectivity index (χ1) is 12.8. The summed E-state index contributed by atoms with van der Waals surface area (Å²) in [5.74, 6) is -0.592. The Bertz CT molecular complexity index is 802. The molecule has 2 rings (SSSR count). The van der Waals surface area contributed by atoms with Crippen molar-refractivity contribution in [3.8, 4) is 0 Å². The van der Waals surface area contributed by atoms with Crippen LogP contribution in [0.15, 0.2) is 48.5 Å². The molecular weight excluding hydrogens is 366 g/mol. The number of nitrogens with one attached hydrogen (secondary N) is 3. The summed E-state index contributed by atoms with van der Waals surface area (Å²) in [6.45, 7) is 3.93. The molecular formula is C20H22ClN3O3. The molecule has 0 saturated carbocycles. The maximum Gasteiger partial charge on any atom is 0.269 e. The van der Waals surface area contributed by atoms with E-state index in [-0.39, 0.29) is 24.2 Å². The fourth-order valence-corrected chi connectivity index (χ4v) is 2.44. The molecule has 3 amide bonds. The van der Waals surface area contributed by atoms with Gasteiger partial charge >= 0.3 is 0 Å². The van der Waals surface area contributed by atoms with Gasteiger partial charge in [0, 0.05) is 22.7 Å². The topological polar surface area (TPSA) is 87.3 Å². The number of carbonyl (C=O) groups is 3. The van der Waals surface area contributed by atoms with Gasteiger partial charge in [-0.1, -0.05) is 37.6 Å². The van der Waals surface area contributed by atoms with Crippen molar-refractivity contribution < 1.29 is 14.4 Å². The number of hydrogen-bond acceptors (Lipinski definition) is 3. The lowest BCUT2D eigenvalue weighted by molar-refractivity contribution is -0.121. The molecule has 0 spiro atoms. The predicted octanol–water partition coefficient (Wildman–Crippen LogP) is 3.33. The Morgan fingerprint density at radius 2 is 1.52 bits per heavy atom. The fourth-order valence-electron chi connectivity index (χ4n) is 2.32. The van der Waals surface area contributed by atoms with Gasteiger partial charge in [0.15, 0.2) is 0 Å². The van der Waals surface area contributed by atoms with Crippen molar-refractivity contribution in [2.45, 2.75) is 26.7 Å². The summed E-state index contributed by atoms with van der Waals surface area (Å²) in [5.41, 5.74) is 6.50. The second kappa shape index (κ2) is 9.73. The minimum Gasteiger partial charge on any atom is -0.326 e. The van der Waals surface area contributed by atoms with E-state index >= 15 is 0 Å². The molecule has 0 aliphatic rings. The second-order valence-corrected chi connectivity index (χ2v) is 6.97. The van der Waals surface area contributed by atoms with Crippen LogP contribution in [0.4, 0.5) is 5.69 Å². The molecule has 3 N–H and O–H groups in total. The highest BCUT2D eigenvalue weighted by atomic mass is 35.5. The van der Waals surface area contributed by atoms with Crippen LogP contribution in [-0.2, 0) is 16.0 Å². The lowest BCUT2D eigenvalue weighted by atomic mass is 10.1. The van der Waals surface area contributed by atoms with Crippen molar-refractivity contribution in [2.24, 2.45) is 5.92 Å². The molecule has 0 aliphatic heterocycles. The molecule has 6 nitrogen and oxygen atoms in total. The Morgan fingerprint density at radius 1 is 0.889 bits per heavy atom. The van der Waals surface area contributed by atoms with Crippen LogP contribution in [0.2, 0.25) is 5.02 Å². The van der Waals surface area contributed by atoms with Crippen molar-refractivity contribution in [3.63, 3.8) is 0 Å². The quantitative estimate of drug-likeness (QED) is 0.664. The molecule has 0 heterocycles. The molecule has 0 bridgehead atoms. The molecule has 2 aromatic rings. The number of benzene rings is 2. The average molecular weight is 388 g/mol. The van der Waals surface area contributed by atoms with Gasteiger partial charge in [-0.25, -0.2) is 0 Å². The van der Waals surface area contributed by atoms with E-state index in [1.165, 1.54) is 0 Å². The zero-order chi connectivity index (χ0) is 19.8. The second-order valence-electron chi connectivity index (χ2n) is 6.53. The van der Waals surface area contributed by atoms with E-state index in [2.05, 4.69) is 16.2 Å². The van der Waals surface area contributed by atoms with Crippen LogP contribution in [0.3, 0.4) is 0 Å². The van der Waals surface area contributed by atoms with Crippen LogP contribution in [0.1, 0.15) is 36.2 Å². The third-order valence-corrected chi connectivity index (χ3v) is 3.87. The molecule has 142 valence electrons. The van der Waals surface area contributed by atoms with Crippen molar-refractivity contribution in [1.82, 2.24) is 10.9 Å². The minimum absolute atomic E-state index is 0.0725. The van der Waals surface area contributed by atoms with Gasteiger partial charge in [-0.3, -0.25) is 25.2 Å². The molecule has 0 aliphatic carbocycles. The summed E-state index contributed by atoms with van der Waals surface area (Å²) in [5, 5.41) is 3.36. The molecule has 0 radical (unpaired) electrons. The fraction of sp³-hybridized carbons (Fsp3) is 0.250. The van der Waals surface area contributed by atoms with E-state index in [0.29, 0.717) is 22.7 Å². The molecule has 0 atom stereocenters. The third-order valence-electron chi connectivity index (χ3n) is 3.62. The van der Waals surface area contributed by atoms with Gasteiger partial charge in [-0.2, -0.15) is 0 Å². The SMILES string of the molecule is CC(C)CC(=O)Nc1ccc(C(=O)NNC(=O)Cc2ccc(Cl)cc2)cc1. The van der Waals surface area contributed by atoms with Crippen LogP contribution in [-0.4, -0.2) is 17.7 Å². The normalized spacial score (nSPS) is 10.4. The van der Waals surface area contributed by atoms with Crippen LogP contribution < -0.4 is 16.2 Å². The summed E-state index contributed by atoms with van der Waals surface area (Å²) < 4.78 is 0. The van der Waals surface area contributed by atoms with Crippen molar-refractivity contribution in [2.75, 3.05) is 5.32 Å². The minimum atomic E-state index is -0.445. The summed E-state index contributed by atoms with van der Waals surface area (Å²) >= 11 is 5.80. The number of carbonyl (C=O) groups excluding carboxylic acids is 3. The molecule has 0 unspecified atom stereocenters. The monoisotopic (exact) mass is 387 g/mol. The maximum absolute atomic E-state index is 12.1. The average Bonchev–Trinajstić information content (AvgIpc) is 2.61. The highest BCUT2D eigenvalue weighted by Gasteiger charge is 2.09. The number of hydrogen-bond donors (Lipinski definition) is 3. The summed E-state index contributed by atoms with van der Waals surface area (Å²) in [7, 11) is 0. The van der Waals surface area contributed by atoms with Crippen LogP contribution in [0, 0.1) is 5.92 Å².